The van der Waals surface area contributed by atoms with Crippen molar-refractivity contribution in [2.75, 3.05) is 39.3 Å². The highest BCUT2D eigenvalue weighted by Gasteiger charge is 2.17. The predicted octanol–water partition coefficient (Wildman–Crippen LogP) is 1.46. The van der Waals surface area contributed by atoms with Crippen LogP contribution in [-0.2, 0) is 9.59 Å². The zero-order valence-corrected chi connectivity index (χ0v) is 16.8. The van der Waals surface area contributed by atoms with Gasteiger partial charge in [-0.1, -0.05) is 28.1 Å². The Morgan fingerprint density at radius 2 is 1.88 bits per heavy atom. The van der Waals surface area contributed by atoms with Crippen molar-refractivity contribution in [1.29, 1.82) is 0 Å². The van der Waals surface area contributed by atoms with Crippen LogP contribution in [0.4, 0.5) is 0 Å². The van der Waals surface area contributed by atoms with Crippen molar-refractivity contribution in [1.82, 2.24) is 20.9 Å². The molecule has 1 saturated heterocycles. The van der Waals surface area contributed by atoms with Crippen LogP contribution in [0.5, 0.6) is 0 Å². The Kier molecular flexibility index (Phi) is 10.0. The summed E-state index contributed by atoms with van der Waals surface area (Å²) >= 11 is 3.39. The first-order valence-electron chi connectivity index (χ1n) is 8.27. The van der Waals surface area contributed by atoms with E-state index in [1.165, 1.54) is 6.92 Å². The summed E-state index contributed by atoms with van der Waals surface area (Å²) in [5.41, 5.74) is 0.922. The van der Waals surface area contributed by atoms with E-state index in [-0.39, 0.29) is 36.7 Å². The molecule has 0 aliphatic carbocycles. The summed E-state index contributed by atoms with van der Waals surface area (Å²) in [4.78, 5) is 26.0. The van der Waals surface area contributed by atoms with Crippen molar-refractivity contribution in [3.8, 4) is 0 Å². The zero-order chi connectivity index (χ0) is 17.4. The van der Waals surface area contributed by atoms with Crippen LogP contribution >= 0.6 is 28.3 Å². The molecule has 0 bridgehead atoms. The van der Waals surface area contributed by atoms with Crippen LogP contribution in [0.2, 0.25) is 0 Å². The molecular weight excluding hydrogens is 408 g/mol. The van der Waals surface area contributed by atoms with Gasteiger partial charge in [0.1, 0.15) is 0 Å². The average molecular weight is 434 g/mol. The lowest BCUT2D eigenvalue weighted by Crippen LogP contribution is -2.46. The topological polar surface area (TPSA) is 73.5 Å². The maximum absolute atomic E-state index is 12.2. The Bertz CT molecular complexity index is 550. The molecule has 6 nitrogen and oxygen atoms in total. The van der Waals surface area contributed by atoms with Crippen molar-refractivity contribution >= 4 is 40.2 Å². The molecule has 1 aromatic rings. The number of carbonyl (C=O) groups is 2. The minimum atomic E-state index is -0.310. The predicted molar refractivity (Wildman–Crippen MR) is 105 cm³/mol. The van der Waals surface area contributed by atoms with Crippen molar-refractivity contribution in [3.05, 3.63) is 34.3 Å². The Hall–Kier alpha value is -1.15. The van der Waals surface area contributed by atoms with Gasteiger partial charge in [-0.2, -0.15) is 0 Å². The number of hydrogen-bond acceptors (Lipinski definition) is 4. The second kappa shape index (κ2) is 11.5. The first-order chi connectivity index (χ1) is 11.5. The van der Waals surface area contributed by atoms with E-state index >= 15 is 0 Å². The highest BCUT2D eigenvalue weighted by Crippen LogP contribution is 2.19. The van der Waals surface area contributed by atoms with E-state index in [1.807, 2.05) is 24.3 Å². The number of piperazine rings is 1. The molecule has 2 amide bonds. The van der Waals surface area contributed by atoms with Crippen LogP contribution in [0.1, 0.15) is 24.9 Å². The Balaban J connectivity index is 0.00000312. The summed E-state index contributed by atoms with van der Waals surface area (Å²) in [5.74, 6) is -0.191. The maximum atomic E-state index is 12.2. The number of nitrogens with zero attached hydrogens (tertiary/aromatic N) is 1. The Labute approximate surface area is 163 Å². The van der Waals surface area contributed by atoms with Crippen molar-refractivity contribution in [2.45, 2.75) is 19.4 Å². The molecule has 1 heterocycles. The molecule has 140 valence electrons. The summed E-state index contributed by atoms with van der Waals surface area (Å²) in [5, 5.41) is 9.11. The number of nitrogens with one attached hydrogen (secondary N) is 3. The molecule has 1 aliphatic heterocycles. The molecule has 8 heteroatoms. The quantitative estimate of drug-likeness (QED) is 0.609. The van der Waals surface area contributed by atoms with Gasteiger partial charge >= 0.3 is 0 Å². The lowest BCUT2D eigenvalue weighted by atomic mass is 10.0. The molecule has 25 heavy (non-hydrogen) atoms. The van der Waals surface area contributed by atoms with E-state index in [9.17, 15) is 9.59 Å². The maximum Gasteiger partial charge on any atom is 0.222 e. The van der Waals surface area contributed by atoms with Gasteiger partial charge in [0.25, 0.3) is 0 Å². The van der Waals surface area contributed by atoms with Gasteiger partial charge in [-0.25, -0.2) is 0 Å². The van der Waals surface area contributed by atoms with Gasteiger partial charge in [-0.05, 0) is 17.7 Å². The molecule has 1 aromatic carbocycles. The van der Waals surface area contributed by atoms with E-state index in [0.29, 0.717) is 6.54 Å². The highest BCUT2D eigenvalue weighted by molar-refractivity contribution is 9.10. The minimum Gasteiger partial charge on any atom is -0.355 e. The second-order valence-electron chi connectivity index (χ2n) is 5.95. The largest absolute Gasteiger partial charge is 0.355 e. The number of carbonyl (C=O) groups excluding carboxylic acids is 2. The monoisotopic (exact) mass is 432 g/mol. The number of halogens is 2. The molecule has 1 aliphatic rings. The van der Waals surface area contributed by atoms with Crippen molar-refractivity contribution in [3.63, 3.8) is 0 Å². The molecule has 0 saturated carbocycles. The fourth-order valence-corrected chi connectivity index (χ4v) is 3.00. The minimum absolute atomic E-state index is 0. The van der Waals surface area contributed by atoms with E-state index in [4.69, 9.17) is 0 Å². The summed E-state index contributed by atoms with van der Waals surface area (Å²) in [6, 6.07) is 7.34. The number of hydrogen-bond donors (Lipinski definition) is 3. The molecule has 1 atom stereocenters. The van der Waals surface area contributed by atoms with Crippen LogP contribution in [-0.4, -0.2) is 56.0 Å². The SMILES string of the molecule is CC(=O)NC(CC(=O)NCCN1CCNCC1)c1ccc(Br)cc1.Cl. The van der Waals surface area contributed by atoms with Crippen LogP contribution in [0.15, 0.2) is 28.7 Å². The third kappa shape index (κ3) is 8.18. The standard InChI is InChI=1S/C17H25BrN4O2.ClH/c1-13(23)21-16(14-2-4-15(18)5-3-14)12-17(24)20-8-11-22-9-6-19-7-10-22;/h2-5,16,19H,6-12H2,1H3,(H,20,24)(H,21,23);1H. The van der Waals surface area contributed by atoms with E-state index in [0.717, 1.165) is 42.8 Å². The third-order valence-electron chi connectivity index (χ3n) is 4.00. The van der Waals surface area contributed by atoms with Gasteiger partial charge < -0.3 is 16.0 Å². The van der Waals surface area contributed by atoms with Gasteiger partial charge in [0.05, 0.1) is 12.5 Å². The van der Waals surface area contributed by atoms with Crippen LogP contribution in [0.3, 0.4) is 0 Å². The Morgan fingerprint density at radius 3 is 2.48 bits per heavy atom. The van der Waals surface area contributed by atoms with Crippen molar-refractivity contribution in [2.24, 2.45) is 0 Å². The van der Waals surface area contributed by atoms with E-state index in [2.05, 4.69) is 36.8 Å². The number of benzene rings is 1. The Morgan fingerprint density at radius 1 is 1.24 bits per heavy atom. The molecule has 1 fully saturated rings. The van der Waals surface area contributed by atoms with Gasteiger partial charge in [0.2, 0.25) is 11.8 Å². The van der Waals surface area contributed by atoms with Crippen LogP contribution in [0, 0.1) is 0 Å². The van der Waals surface area contributed by atoms with Crippen molar-refractivity contribution < 1.29 is 9.59 Å². The first-order valence-corrected chi connectivity index (χ1v) is 9.06. The zero-order valence-electron chi connectivity index (χ0n) is 14.4. The van der Waals surface area contributed by atoms with Gasteiger partial charge in [-0.15, -0.1) is 12.4 Å². The molecule has 0 spiro atoms. The molecule has 0 aromatic heterocycles. The number of rotatable bonds is 7. The number of amides is 2. The molecule has 1 unspecified atom stereocenters. The molecule has 3 N–H and O–H groups in total. The normalized spacial score (nSPS) is 15.8. The van der Waals surface area contributed by atoms with Gasteiger partial charge in [-0.3, -0.25) is 14.5 Å². The van der Waals surface area contributed by atoms with E-state index < -0.39 is 0 Å². The van der Waals surface area contributed by atoms with Gasteiger partial charge in [0.15, 0.2) is 0 Å². The molecular formula is C17H26BrClN4O2. The van der Waals surface area contributed by atoms with E-state index in [1.54, 1.807) is 0 Å². The lowest BCUT2D eigenvalue weighted by Gasteiger charge is -2.27. The van der Waals surface area contributed by atoms with Crippen LogP contribution < -0.4 is 16.0 Å². The summed E-state index contributed by atoms with van der Waals surface area (Å²) < 4.78 is 0.966. The van der Waals surface area contributed by atoms with Crippen LogP contribution in [0.25, 0.3) is 0 Å². The molecule has 0 radical (unpaired) electrons. The second-order valence-corrected chi connectivity index (χ2v) is 6.87. The fourth-order valence-electron chi connectivity index (χ4n) is 2.74. The summed E-state index contributed by atoms with van der Waals surface area (Å²) in [6.45, 7) is 6.99. The highest BCUT2D eigenvalue weighted by atomic mass is 79.9. The fraction of sp³-hybridized carbons (Fsp3) is 0.529. The smallest absolute Gasteiger partial charge is 0.222 e. The van der Waals surface area contributed by atoms with Gasteiger partial charge in [0, 0.05) is 50.7 Å². The average Bonchev–Trinajstić information content (AvgIpc) is 2.55. The lowest BCUT2D eigenvalue weighted by molar-refractivity contribution is -0.122. The third-order valence-corrected chi connectivity index (χ3v) is 4.53. The summed E-state index contributed by atoms with van der Waals surface area (Å²) in [6.07, 6.45) is 0.239. The molecule has 2 rings (SSSR count). The summed E-state index contributed by atoms with van der Waals surface area (Å²) in [7, 11) is 0. The first kappa shape index (κ1) is 21.9.